The maximum absolute atomic E-state index is 10.5. The van der Waals surface area contributed by atoms with Gasteiger partial charge in [-0.2, -0.15) is 5.26 Å². The van der Waals surface area contributed by atoms with Crippen molar-refractivity contribution in [3.8, 4) is 6.07 Å². The molecule has 0 aliphatic rings. The molecule has 1 N–H and O–H groups in total. The second kappa shape index (κ2) is 5.46. The van der Waals surface area contributed by atoms with Crippen LogP contribution in [0, 0.1) is 11.3 Å². The van der Waals surface area contributed by atoms with Gasteiger partial charge >= 0.3 is 29.6 Å². The molecule has 0 saturated carbocycles. The van der Waals surface area contributed by atoms with Crippen molar-refractivity contribution >= 4 is 11.1 Å². The van der Waals surface area contributed by atoms with Crippen LogP contribution in [-0.4, -0.2) is 8.76 Å². The number of nitriles is 1. The smallest absolute Gasteiger partial charge is 1.00 e. The first-order chi connectivity index (χ1) is 5.24. The Morgan fingerprint density at radius 3 is 2.75 bits per heavy atom. The Kier molecular flexibility index (Phi) is 5.38. The summed E-state index contributed by atoms with van der Waals surface area (Å²) in [6.45, 7) is 0. The molecular weight excluding hydrogens is 185 g/mol. The quantitative estimate of drug-likeness (QED) is 0.423. The van der Waals surface area contributed by atoms with Gasteiger partial charge in [-0.25, -0.2) is 4.21 Å². The third kappa shape index (κ3) is 3.05. The van der Waals surface area contributed by atoms with Crippen molar-refractivity contribution in [2.75, 3.05) is 0 Å². The number of hydrogen-bond donors (Lipinski definition) is 1. The van der Waals surface area contributed by atoms with Gasteiger partial charge in [0, 0.05) is 0 Å². The molecule has 1 aromatic rings. The van der Waals surface area contributed by atoms with E-state index in [-0.39, 0.29) is 35.9 Å². The second-order valence-corrected chi connectivity index (χ2v) is 2.86. The van der Waals surface area contributed by atoms with E-state index in [1.54, 1.807) is 12.1 Å². The standard InChI is InChI=1S/C7H5NO2S.Na.H/c8-5-6-2-1-3-7(4-6)11(9)10;;/h1-4H,(H,9,10);;/q;+1;-1. The van der Waals surface area contributed by atoms with Crippen LogP contribution in [0.4, 0.5) is 0 Å². The van der Waals surface area contributed by atoms with E-state index in [1.165, 1.54) is 12.1 Å². The summed E-state index contributed by atoms with van der Waals surface area (Å²) in [5, 5.41) is 8.41. The molecule has 12 heavy (non-hydrogen) atoms. The fraction of sp³-hybridized carbons (Fsp3) is 0. The van der Waals surface area contributed by atoms with E-state index >= 15 is 0 Å². The van der Waals surface area contributed by atoms with Crippen LogP contribution in [-0.2, 0) is 11.1 Å². The van der Waals surface area contributed by atoms with E-state index < -0.39 is 11.1 Å². The Morgan fingerprint density at radius 1 is 1.58 bits per heavy atom. The van der Waals surface area contributed by atoms with Crippen LogP contribution in [0.15, 0.2) is 29.2 Å². The Hall–Kier alpha value is -0.180. The average molecular weight is 191 g/mol. The molecule has 0 aromatic heterocycles. The number of nitrogens with zero attached hydrogens (tertiary/aromatic N) is 1. The number of rotatable bonds is 1. The summed E-state index contributed by atoms with van der Waals surface area (Å²) in [4.78, 5) is 0.254. The van der Waals surface area contributed by atoms with Crippen molar-refractivity contribution in [1.29, 1.82) is 5.26 Å². The predicted molar refractivity (Wildman–Crippen MR) is 41.3 cm³/mol. The Morgan fingerprint density at radius 2 is 2.25 bits per heavy atom. The Bertz CT molecular complexity index is 340. The van der Waals surface area contributed by atoms with Crippen molar-refractivity contribution in [3.05, 3.63) is 29.8 Å². The minimum Gasteiger partial charge on any atom is -1.00 e. The summed E-state index contributed by atoms with van der Waals surface area (Å²) in [7, 11) is 0. The molecular formula is C7H6NNaO2S. The molecule has 0 amide bonds. The van der Waals surface area contributed by atoms with Gasteiger partial charge in [0.15, 0.2) is 11.1 Å². The third-order valence-electron chi connectivity index (χ3n) is 1.16. The number of hydrogen-bond acceptors (Lipinski definition) is 2. The fourth-order valence-corrected chi connectivity index (χ4v) is 1.10. The van der Waals surface area contributed by atoms with E-state index in [0.717, 1.165) is 0 Å². The van der Waals surface area contributed by atoms with Crippen molar-refractivity contribution in [2.45, 2.75) is 4.90 Å². The molecule has 3 nitrogen and oxygen atoms in total. The molecule has 0 saturated heterocycles. The second-order valence-electron chi connectivity index (χ2n) is 1.89. The zero-order chi connectivity index (χ0) is 8.27. The van der Waals surface area contributed by atoms with Gasteiger partial charge in [0.25, 0.3) is 0 Å². The molecule has 58 valence electrons. The monoisotopic (exact) mass is 191 g/mol. The van der Waals surface area contributed by atoms with E-state index in [4.69, 9.17) is 9.81 Å². The predicted octanol–water partition coefficient (Wildman–Crippen LogP) is -1.74. The zero-order valence-electron chi connectivity index (χ0n) is 7.52. The van der Waals surface area contributed by atoms with Crippen LogP contribution in [0.2, 0.25) is 0 Å². The van der Waals surface area contributed by atoms with E-state index in [0.29, 0.717) is 5.56 Å². The molecule has 1 aromatic carbocycles. The average Bonchev–Trinajstić information content (AvgIpc) is 2.05. The van der Waals surface area contributed by atoms with Crippen LogP contribution in [0.3, 0.4) is 0 Å². The van der Waals surface area contributed by atoms with Gasteiger partial charge in [-0.05, 0) is 18.2 Å². The van der Waals surface area contributed by atoms with Crippen LogP contribution in [0.25, 0.3) is 0 Å². The summed E-state index contributed by atoms with van der Waals surface area (Å²) in [6.07, 6.45) is 0. The minimum atomic E-state index is -1.99. The molecule has 1 unspecified atom stereocenters. The summed E-state index contributed by atoms with van der Waals surface area (Å²) in [5.41, 5.74) is 0.393. The molecule has 0 fully saturated rings. The third-order valence-corrected chi connectivity index (χ3v) is 1.82. The summed E-state index contributed by atoms with van der Waals surface area (Å²) in [6, 6.07) is 7.91. The number of benzene rings is 1. The largest absolute Gasteiger partial charge is 1.00 e. The first kappa shape index (κ1) is 11.8. The van der Waals surface area contributed by atoms with E-state index in [2.05, 4.69) is 0 Å². The van der Waals surface area contributed by atoms with Gasteiger partial charge in [-0.3, -0.25) is 0 Å². The topological polar surface area (TPSA) is 61.1 Å². The summed E-state index contributed by atoms with van der Waals surface area (Å²) in [5.74, 6) is 0. The van der Waals surface area contributed by atoms with Crippen molar-refractivity contribution in [2.24, 2.45) is 0 Å². The van der Waals surface area contributed by atoms with Gasteiger partial charge in [-0.15, -0.1) is 0 Å². The minimum absolute atomic E-state index is 0. The SMILES string of the molecule is N#Cc1cccc(S(=O)O)c1.[H-].[Na+]. The normalized spacial score (nSPS) is 11.0. The fourth-order valence-electron chi connectivity index (χ4n) is 0.674. The van der Waals surface area contributed by atoms with Gasteiger partial charge < -0.3 is 5.98 Å². The van der Waals surface area contributed by atoms with Crippen LogP contribution < -0.4 is 29.6 Å². The van der Waals surface area contributed by atoms with Crippen LogP contribution in [0.1, 0.15) is 6.99 Å². The van der Waals surface area contributed by atoms with Gasteiger partial charge in [0.1, 0.15) is 0 Å². The van der Waals surface area contributed by atoms with Crippen LogP contribution in [0.5, 0.6) is 0 Å². The molecule has 1 atom stereocenters. The zero-order valence-corrected chi connectivity index (χ0v) is 9.34. The maximum Gasteiger partial charge on any atom is 1.00 e. The molecule has 0 radical (unpaired) electrons. The molecule has 0 bridgehead atoms. The molecule has 5 heteroatoms. The summed E-state index contributed by atoms with van der Waals surface area (Å²) >= 11 is -1.99. The molecule has 0 aliphatic heterocycles. The Labute approximate surface area is 96.5 Å². The van der Waals surface area contributed by atoms with Crippen LogP contribution >= 0.6 is 0 Å². The van der Waals surface area contributed by atoms with Crippen molar-refractivity contribution in [1.82, 2.24) is 0 Å². The summed E-state index contributed by atoms with van der Waals surface area (Å²) < 4.78 is 19.1. The van der Waals surface area contributed by atoms with Crippen molar-refractivity contribution in [3.63, 3.8) is 0 Å². The molecule has 0 heterocycles. The first-order valence-electron chi connectivity index (χ1n) is 2.85. The molecule has 0 aliphatic carbocycles. The van der Waals surface area contributed by atoms with Crippen molar-refractivity contribution < 1.29 is 39.7 Å². The molecule has 0 spiro atoms. The van der Waals surface area contributed by atoms with Gasteiger partial charge in [-0.1, -0.05) is 6.07 Å². The first-order valence-corrected chi connectivity index (χ1v) is 3.96. The van der Waals surface area contributed by atoms with Gasteiger partial charge in [0.2, 0.25) is 0 Å². The van der Waals surface area contributed by atoms with E-state index in [1.807, 2.05) is 6.07 Å². The molecule has 1 rings (SSSR count). The van der Waals surface area contributed by atoms with E-state index in [9.17, 15) is 4.21 Å². The maximum atomic E-state index is 10.5. The van der Waals surface area contributed by atoms with Gasteiger partial charge in [0.05, 0.1) is 16.5 Å². The Balaban J connectivity index is 0.